The fourth-order valence-corrected chi connectivity index (χ4v) is 4.28. The second-order valence-electron chi connectivity index (χ2n) is 5.34. The lowest BCUT2D eigenvalue weighted by atomic mass is 9.99. The first-order chi connectivity index (χ1) is 10.3. The number of thioether (sulfide) groups is 1. The predicted molar refractivity (Wildman–Crippen MR) is 86.5 cm³/mol. The molecule has 2 nitrogen and oxygen atoms in total. The van der Waals surface area contributed by atoms with Gasteiger partial charge in [-0.2, -0.15) is 0 Å². The number of hydrogen-bond donors (Lipinski definition) is 1. The van der Waals surface area contributed by atoms with Gasteiger partial charge in [-0.15, -0.1) is 11.8 Å². The minimum atomic E-state index is -0.499. The lowest BCUT2D eigenvalue weighted by Crippen LogP contribution is -2.14. The number of aliphatic hydroxyl groups is 1. The highest BCUT2D eigenvalue weighted by Crippen LogP contribution is 2.43. The first kappa shape index (κ1) is 12.9. The molecule has 1 N–H and O–H groups in total. The smallest absolute Gasteiger partial charge is 0.0936 e. The second-order valence-corrected chi connectivity index (χ2v) is 6.62. The summed E-state index contributed by atoms with van der Waals surface area (Å²) in [6, 6.07) is 18.4. The van der Waals surface area contributed by atoms with Crippen LogP contribution in [0.1, 0.15) is 17.2 Å². The van der Waals surface area contributed by atoms with Gasteiger partial charge in [-0.1, -0.05) is 42.5 Å². The van der Waals surface area contributed by atoms with Crippen LogP contribution in [0.5, 0.6) is 0 Å². The maximum absolute atomic E-state index is 10.8. The van der Waals surface area contributed by atoms with Gasteiger partial charge in [0.05, 0.1) is 11.6 Å². The van der Waals surface area contributed by atoms with Crippen molar-refractivity contribution in [1.82, 2.24) is 4.98 Å². The zero-order valence-electron chi connectivity index (χ0n) is 11.4. The number of pyridine rings is 1. The van der Waals surface area contributed by atoms with Gasteiger partial charge in [0, 0.05) is 27.3 Å². The number of hydrogen-bond acceptors (Lipinski definition) is 3. The fraction of sp³-hybridized carbons (Fsp3) is 0.167. The van der Waals surface area contributed by atoms with E-state index < -0.39 is 6.10 Å². The summed E-state index contributed by atoms with van der Waals surface area (Å²) >= 11 is 1.77. The molecule has 1 aromatic heterocycles. The first-order valence-electron chi connectivity index (χ1n) is 7.09. The third kappa shape index (κ3) is 2.23. The molecule has 2 heterocycles. The van der Waals surface area contributed by atoms with E-state index in [2.05, 4.69) is 29.2 Å². The van der Waals surface area contributed by atoms with Gasteiger partial charge >= 0.3 is 0 Å². The molecule has 1 aliphatic rings. The Morgan fingerprint density at radius 2 is 1.90 bits per heavy atom. The van der Waals surface area contributed by atoms with Crippen molar-refractivity contribution in [3.05, 3.63) is 71.9 Å². The highest BCUT2D eigenvalue weighted by atomic mass is 32.2. The molecule has 0 spiro atoms. The summed E-state index contributed by atoms with van der Waals surface area (Å²) in [5.41, 5.74) is 3.17. The Labute approximate surface area is 127 Å². The van der Waals surface area contributed by atoms with Gasteiger partial charge in [0.15, 0.2) is 0 Å². The summed E-state index contributed by atoms with van der Waals surface area (Å²) in [6.07, 6.45) is 2.20. The highest BCUT2D eigenvalue weighted by Gasteiger charge is 2.30. The quantitative estimate of drug-likeness (QED) is 0.775. The van der Waals surface area contributed by atoms with E-state index in [4.69, 9.17) is 0 Å². The number of rotatable bonds is 2. The molecule has 3 aromatic rings. The molecule has 0 saturated heterocycles. The van der Waals surface area contributed by atoms with Gasteiger partial charge in [-0.25, -0.2) is 0 Å². The lowest BCUT2D eigenvalue weighted by Gasteiger charge is -2.18. The lowest BCUT2D eigenvalue weighted by molar-refractivity contribution is 0.176. The molecule has 0 fully saturated rings. The van der Waals surface area contributed by atoms with Crippen molar-refractivity contribution in [1.29, 1.82) is 0 Å². The van der Waals surface area contributed by atoms with Crippen LogP contribution in [0.4, 0.5) is 0 Å². The van der Waals surface area contributed by atoms with Crippen LogP contribution in [0.2, 0.25) is 0 Å². The zero-order chi connectivity index (χ0) is 14.2. The van der Waals surface area contributed by atoms with E-state index in [1.54, 1.807) is 18.0 Å². The minimum absolute atomic E-state index is 0.162. The summed E-state index contributed by atoms with van der Waals surface area (Å²) in [5, 5.41) is 12.1. The topological polar surface area (TPSA) is 33.1 Å². The van der Waals surface area contributed by atoms with E-state index >= 15 is 0 Å². The minimum Gasteiger partial charge on any atom is -0.387 e. The average Bonchev–Trinajstić information content (AvgIpc) is 2.97. The summed E-state index contributed by atoms with van der Waals surface area (Å²) in [5.74, 6) is 0. The van der Waals surface area contributed by atoms with Crippen molar-refractivity contribution < 1.29 is 5.11 Å². The molecule has 2 atom stereocenters. The van der Waals surface area contributed by atoms with Crippen LogP contribution in [0, 0.1) is 0 Å². The Morgan fingerprint density at radius 3 is 2.81 bits per heavy atom. The number of para-hydroxylation sites is 1. The van der Waals surface area contributed by atoms with Crippen LogP contribution in [0.25, 0.3) is 10.9 Å². The van der Waals surface area contributed by atoms with Crippen molar-refractivity contribution >= 4 is 22.7 Å². The molecule has 0 bridgehead atoms. The van der Waals surface area contributed by atoms with E-state index in [0.29, 0.717) is 0 Å². The molecule has 2 aromatic carbocycles. The van der Waals surface area contributed by atoms with Crippen LogP contribution in [-0.4, -0.2) is 15.3 Å². The van der Waals surface area contributed by atoms with Gasteiger partial charge in [0.2, 0.25) is 0 Å². The molecule has 1 aliphatic heterocycles. The van der Waals surface area contributed by atoms with Crippen molar-refractivity contribution in [2.45, 2.75) is 22.7 Å². The summed E-state index contributed by atoms with van der Waals surface area (Å²) in [6.45, 7) is 0. The number of fused-ring (bicyclic) bond motifs is 2. The molecule has 0 amide bonds. The predicted octanol–water partition coefficient (Wildman–Crippen LogP) is 3.99. The Bertz CT molecular complexity index is 772. The first-order valence-corrected chi connectivity index (χ1v) is 7.97. The van der Waals surface area contributed by atoms with E-state index in [1.165, 1.54) is 10.5 Å². The van der Waals surface area contributed by atoms with Crippen molar-refractivity contribution in [2.24, 2.45) is 0 Å². The molecular formula is C18H15NOS. The largest absolute Gasteiger partial charge is 0.387 e. The van der Waals surface area contributed by atoms with Crippen LogP contribution >= 0.6 is 11.8 Å². The Balaban J connectivity index is 1.71. The van der Waals surface area contributed by atoms with Crippen molar-refractivity contribution in [2.75, 3.05) is 0 Å². The normalized spacial score (nSPS) is 18.6. The van der Waals surface area contributed by atoms with Crippen LogP contribution in [0.3, 0.4) is 0 Å². The molecule has 0 saturated carbocycles. The standard InChI is InChI=1S/C18H15NOS/c20-18(16-11-13-5-1-2-9-15(13)21-16)14-8-3-6-12-7-4-10-19-17(12)14/h1-10,16,18,20H,11H2. The maximum Gasteiger partial charge on any atom is 0.0936 e. The molecule has 0 radical (unpaired) electrons. The zero-order valence-corrected chi connectivity index (χ0v) is 12.3. The number of benzene rings is 2. The molecule has 2 unspecified atom stereocenters. The van der Waals surface area contributed by atoms with Crippen molar-refractivity contribution in [3.8, 4) is 0 Å². The van der Waals surface area contributed by atoms with Gasteiger partial charge in [-0.3, -0.25) is 4.98 Å². The summed E-state index contributed by atoms with van der Waals surface area (Å²) in [4.78, 5) is 5.74. The highest BCUT2D eigenvalue weighted by molar-refractivity contribution is 8.00. The number of aliphatic hydroxyl groups excluding tert-OH is 1. The van der Waals surface area contributed by atoms with Crippen molar-refractivity contribution in [3.63, 3.8) is 0 Å². The van der Waals surface area contributed by atoms with E-state index in [0.717, 1.165) is 22.9 Å². The van der Waals surface area contributed by atoms with Crippen LogP contribution < -0.4 is 0 Å². The second kappa shape index (κ2) is 5.17. The Morgan fingerprint density at radius 1 is 1.05 bits per heavy atom. The molecule has 104 valence electrons. The third-order valence-electron chi connectivity index (χ3n) is 4.01. The van der Waals surface area contributed by atoms with Crippen LogP contribution in [0.15, 0.2) is 65.7 Å². The molecule has 4 rings (SSSR count). The van der Waals surface area contributed by atoms with E-state index in [1.807, 2.05) is 30.3 Å². The van der Waals surface area contributed by atoms with Gasteiger partial charge < -0.3 is 5.11 Å². The molecule has 21 heavy (non-hydrogen) atoms. The van der Waals surface area contributed by atoms with Gasteiger partial charge in [0.25, 0.3) is 0 Å². The van der Waals surface area contributed by atoms with E-state index in [-0.39, 0.29) is 5.25 Å². The van der Waals surface area contributed by atoms with Crippen LogP contribution in [-0.2, 0) is 6.42 Å². The fourth-order valence-electron chi connectivity index (χ4n) is 2.95. The number of nitrogens with zero attached hydrogens (tertiary/aromatic N) is 1. The molecular weight excluding hydrogens is 278 g/mol. The third-order valence-corrected chi connectivity index (χ3v) is 5.39. The summed E-state index contributed by atoms with van der Waals surface area (Å²) in [7, 11) is 0. The van der Waals surface area contributed by atoms with E-state index in [9.17, 15) is 5.11 Å². The number of aromatic nitrogens is 1. The SMILES string of the molecule is OC(c1cccc2cccnc12)C1Cc2ccccc2S1. The molecule has 0 aliphatic carbocycles. The maximum atomic E-state index is 10.8. The average molecular weight is 293 g/mol. The van der Waals surface area contributed by atoms with Gasteiger partial charge in [0.1, 0.15) is 0 Å². The summed E-state index contributed by atoms with van der Waals surface area (Å²) < 4.78 is 0. The Hall–Kier alpha value is -1.84. The molecule has 3 heteroatoms. The Kier molecular flexibility index (Phi) is 3.17. The monoisotopic (exact) mass is 293 g/mol. The van der Waals surface area contributed by atoms with Gasteiger partial charge in [-0.05, 0) is 24.1 Å².